The van der Waals surface area contributed by atoms with Crippen LogP contribution >= 0.6 is 0 Å². The van der Waals surface area contributed by atoms with Gasteiger partial charge >= 0.3 is 0 Å². The lowest BCUT2D eigenvalue weighted by Gasteiger charge is -2.15. The monoisotopic (exact) mass is 762 g/mol. The molecule has 11 aromatic rings. The van der Waals surface area contributed by atoms with E-state index in [1.165, 1.54) is 60.0 Å². The molecule has 11 heteroatoms. The Bertz CT molecular complexity index is 3500. The summed E-state index contributed by atoms with van der Waals surface area (Å²) in [7, 11) is 13.5. The van der Waals surface area contributed by atoms with Gasteiger partial charge in [-0.25, -0.2) is 15.0 Å². The highest BCUT2D eigenvalue weighted by atomic mass is 16.3. The first kappa shape index (κ1) is 36.1. The summed E-state index contributed by atoms with van der Waals surface area (Å²) in [4.78, 5) is 15.2. The molecule has 0 saturated heterocycles. The van der Waals surface area contributed by atoms with Crippen LogP contribution in [0, 0.1) is 0 Å². The van der Waals surface area contributed by atoms with E-state index in [0.717, 1.165) is 60.8 Å². The van der Waals surface area contributed by atoms with Crippen LogP contribution in [-0.2, 0) is 0 Å². The van der Waals surface area contributed by atoms with Gasteiger partial charge in [0.1, 0.15) is 58.2 Å². The zero-order chi connectivity index (χ0) is 40.8. The molecule has 0 aliphatic rings. The van der Waals surface area contributed by atoms with E-state index in [0.29, 0.717) is 17.5 Å². The van der Waals surface area contributed by atoms with Gasteiger partial charge in [-0.1, -0.05) is 148 Å². The molecule has 60 heavy (non-hydrogen) atoms. The average Bonchev–Trinajstić information content (AvgIpc) is 3.85. The predicted molar refractivity (Wildman–Crippen MR) is 270 cm³/mol. The summed E-state index contributed by atoms with van der Waals surface area (Å²) in [5.41, 5.74) is 17.9. The quantitative estimate of drug-likeness (QED) is 0.253. The van der Waals surface area contributed by atoms with Crippen LogP contribution in [0.4, 0.5) is 0 Å². The largest absolute Gasteiger partial charge is 0.455 e. The average molecular weight is 762 g/mol. The molecule has 0 unspecified atom stereocenters. The maximum atomic E-state index is 6.96. The summed E-state index contributed by atoms with van der Waals surface area (Å²) in [6, 6.07) is 51.1. The van der Waals surface area contributed by atoms with Gasteiger partial charge in [-0.3, -0.25) is 0 Å². The van der Waals surface area contributed by atoms with E-state index >= 15 is 0 Å². The molecule has 0 spiro atoms. The maximum absolute atomic E-state index is 6.96. The van der Waals surface area contributed by atoms with Gasteiger partial charge in [-0.05, 0) is 57.4 Å². The van der Waals surface area contributed by atoms with Crippen molar-refractivity contribution < 1.29 is 4.42 Å². The second kappa shape index (κ2) is 13.8. The van der Waals surface area contributed by atoms with Crippen molar-refractivity contribution in [1.82, 2.24) is 19.5 Å². The summed E-state index contributed by atoms with van der Waals surface area (Å²) in [5.74, 6) is 1.83. The summed E-state index contributed by atoms with van der Waals surface area (Å²) in [6.45, 7) is 0. The molecule has 0 fully saturated rings. The minimum absolute atomic E-state index is 0.589. The van der Waals surface area contributed by atoms with Crippen molar-refractivity contribution in [3.63, 3.8) is 0 Å². The van der Waals surface area contributed by atoms with E-state index < -0.39 is 0 Å². The number of hydrogen-bond donors (Lipinski definition) is 0. The molecular formula is C49H36B6N4O. The van der Waals surface area contributed by atoms with Gasteiger partial charge in [-0.2, -0.15) is 0 Å². The molecule has 0 amide bonds. The van der Waals surface area contributed by atoms with E-state index in [1.807, 2.05) is 30.3 Å². The van der Waals surface area contributed by atoms with Gasteiger partial charge in [0, 0.05) is 49.7 Å². The fourth-order valence-corrected chi connectivity index (χ4v) is 9.35. The molecule has 3 aromatic heterocycles. The highest BCUT2D eigenvalue weighted by molar-refractivity contribution is 6.62. The Kier molecular flexibility index (Phi) is 8.32. The third-order valence-corrected chi connectivity index (χ3v) is 12.6. The summed E-state index contributed by atoms with van der Waals surface area (Å²) < 4.78 is 9.47. The van der Waals surface area contributed by atoms with Crippen molar-refractivity contribution in [2.75, 3.05) is 0 Å². The SMILES string of the molecule is Bc1cc(B)c2c(c1B)c1c(B)c(B)cc(B)c1n2-c1cc(-c2ccccc2)c2oc3cc(-c4nc(-c5ccccc5)nc(-c5ccc6ccccc6c5)n4)ccc3c2c1. The molecule has 0 aliphatic heterocycles. The smallest absolute Gasteiger partial charge is 0.164 e. The van der Waals surface area contributed by atoms with Crippen LogP contribution in [0.2, 0.25) is 0 Å². The van der Waals surface area contributed by atoms with Gasteiger partial charge in [0.25, 0.3) is 0 Å². The highest BCUT2D eigenvalue weighted by Gasteiger charge is 2.23. The number of fused-ring (bicyclic) bond motifs is 7. The number of furan rings is 1. The van der Waals surface area contributed by atoms with E-state index in [-0.39, 0.29) is 0 Å². The molecule has 0 atom stereocenters. The molecule has 8 aromatic carbocycles. The summed E-state index contributed by atoms with van der Waals surface area (Å²) in [6.07, 6.45) is 0. The van der Waals surface area contributed by atoms with Gasteiger partial charge in [0.15, 0.2) is 17.5 Å². The molecule has 0 aliphatic carbocycles. The lowest BCUT2D eigenvalue weighted by atomic mass is 9.71. The molecule has 276 valence electrons. The fourth-order valence-electron chi connectivity index (χ4n) is 9.35. The van der Waals surface area contributed by atoms with E-state index in [9.17, 15) is 0 Å². The van der Waals surface area contributed by atoms with E-state index in [4.69, 9.17) is 19.4 Å². The minimum Gasteiger partial charge on any atom is -0.455 e. The van der Waals surface area contributed by atoms with Crippen LogP contribution in [0.5, 0.6) is 0 Å². The van der Waals surface area contributed by atoms with Gasteiger partial charge in [0.05, 0.1) is 0 Å². The Balaban J connectivity index is 1.16. The topological polar surface area (TPSA) is 56.7 Å². The Morgan fingerprint density at radius 2 is 0.950 bits per heavy atom. The third kappa shape index (κ3) is 5.67. The fraction of sp³-hybridized carbons (Fsp3) is 0. The lowest BCUT2D eigenvalue weighted by Crippen LogP contribution is -2.33. The molecule has 5 nitrogen and oxygen atoms in total. The first-order valence-corrected chi connectivity index (χ1v) is 20.6. The third-order valence-electron chi connectivity index (χ3n) is 12.6. The van der Waals surface area contributed by atoms with Crippen LogP contribution in [-0.4, -0.2) is 66.6 Å². The predicted octanol–water partition coefficient (Wildman–Crippen LogP) is 2.24. The Labute approximate surface area is 353 Å². The molecule has 0 bridgehead atoms. The molecular weight excluding hydrogens is 725 g/mol. The van der Waals surface area contributed by atoms with Crippen LogP contribution in [0.25, 0.3) is 105 Å². The van der Waals surface area contributed by atoms with Crippen molar-refractivity contribution in [3.05, 3.63) is 146 Å². The number of nitrogens with zero attached hydrogens (tertiary/aromatic N) is 4. The first-order chi connectivity index (χ1) is 29.2. The number of hydrogen-bond acceptors (Lipinski definition) is 4. The lowest BCUT2D eigenvalue weighted by molar-refractivity contribution is 0.670. The van der Waals surface area contributed by atoms with Crippen molar-refractivity contribution in [2.24, 2.45) is 0 Å². The van der Waals surface area contributed by atoms with E-state index in [2.05, 4.69) is 167 Å². The van der Waals surface area contributed by atoms with Crippen molar-refractivity contribution in [2.45, 2.75) is 0 Å². The first-order valence-electron chi connectivity index (χ1n) is 20.6. The molecule has 11 rings (SSSR count). The van der Waals surface area contributed by atoms with Crippen LogP contribution in [0.3, 0.4) is 0 Å². The Morgan fingerprint density at radius 3 is 1.58 bits per heavy atom. The van der Waals surface area contributed by atoms with Crippen LogP contribution in [0.1, 0.15) is 0 Å². The second-order valence-electron chi connectivity index (χ2n) is 16.3. The molecule has 0 radical (unpaired) electrons. The van der Waals surface area contributed by atoms with E-state index in [1.54, 1.807) is 0 Å². The summed E-state index contributed by atoms with van der Waals surface area (Å²) in [5, 5.41) is 7.08. The Hall–Kier alpha value is -6.98. The highest BCUT2D eigenvalue weighted by Crippen LogP contribution is 2.41. The van der Waals surface area contributed by atoms with Crippen LogP contribution in [0.15, 0.2) is 150 Å². The zero-order valence-electron chi connectivity index (χ0n) is 34.6. The van der Waals surface area contributed by atoms with Gasteiger partial charge < -0.3 is 8.98 Å². The minimum atomic E-state index is 0.589. The number of rotatable bonds is 5. The van der Waals surface area contributed by atoms with Crippen molar-refractivity contribution >= 4 is 134 Å². The van der Waals surface area contributed by atoms with Crippen LogP contribution < -0.4 is 32.8 Å². The normalized spacial score (nSPS) is 11.7. The van der Waals surface area contributed by atoms with Crippen molar-refractivity contribution in [1.29, 1.82) is 0 Å². The Morgan fingerprint density at radius 1 is 0.417 bits per heavy atom. The number of benzene rings is 8. The van der Waals surface area contributed by atoms with Crippen molar-refractivity contribution in [3.8, 4) is 51.0 Å². The zero-order valence-corrected chi connectivity index (χ0v) is 34.6. The maximum Gasteiger partial charge on any atom is 0.164 e. The number of aromatic nitrogens is 4. The second-order valence-corrected chi connectivity index (χ2v) is 16.3. The molecule has 3 heterocycles. The molecule has 0 saturated carbocycles. The van der Waals surface area contributed by atoms with Gasteiger partial charge in [-0.15, -0.1) is 0 Å². The molecule has 0 N–H and O–H groups in total. The van der Waals surface area contributed by atoms with Gasteiger partial charge in [0.2, 0.25) is 0 Å². The summed E-state index contributed by atoms with van der Waals surface area (Å²) >= 11 is 0. The standard InChI is InChI=1S/C49H36B6N4O/c50-35-23-37(52)44-40(42(35)54)41-43(55)36(51)24-38(53)45(41)59(44)31-21-33(26-10-3-1-4-11-26)46-34(22-31)32-18-17-30(20-39(32)60-46)49-57-47(27-12-5-2-6-13-27)56-48(58-49)29-16-15-25-9-7-8-14-28(25)19-29/h1-24H,50-55H2.